The standard InChI is InChI=1S/C26H31F3N4O3S/c1-37(35,36)32-21-6-4-17(5-7-21)14-30-22-12-19-3-2-9-25(19,13-22)24(34)33-10-8-23-18(16-33)11-20(15-31-23)26(27,28)29/h4-7,11,15,19,22,30,32H,2-3,8-10,12-14,16H2,1H3. The number of benzene rings is 1. The lowest BCUT2D eigenvalue weighted by atomic mass is 9.78. The van der Waals surface area contributed by atoms with Crippen molar-refractivity contribution in [2.75, 3.05) is 17.5 Å². The van der Waals surface area contributed by atoms with Gasteiger partial charge < -0.3 is 10.2 Å². The molecule has 200 valence electrons. The van der Waals surface area contributed by atoms with Crippen molar-refractivity contribution in [1.29, 1.82) is 0 Å². The van der Waals surface area contributed by atoms with Crippen molar-refractivity contribution < 1.29 is 26.4 Å². The normalized spacial score (nSPS) is 25.6. The first-order chi connectivity index (χ1) is 17.4. The first kappa shape index (κ1) is 26.0. The van der Waals surface area contributed by atoms with Crippen molar-refractivity contribution in [2.24, 2.45) is 11.3 Å². The molecule has 2 aromatic rings. The topological polar surface area (TPSA) is 91.4 Å². The summed E-state index contributed by atoms with van der Waals surface area (Å²) >= 11 is 0. The third-order valence-corrected chi connectivity index (χ3v) is 8.68. The molecule has 3 atom stereocenters. The molecule has 1 aromatic carbocycles. The second-order valence-corrected chi connectivity index (χ2v) is 12.4. The molecule has 1 aromatic heterocycles. The number of sulfonamides is 1. The molecule has 2 fully saturated rings. The summed E-state index contributed by atoms with van der Waals surface area (Å²) in [6.45, 7) is 1.25. The van der Waals surface area contributed by atoms with Crippen LogP contribution in [0.3, 0.4) is 0 Å². The second-order valence-electron chi connectivity index (χ2n) is 10.6. The Morgan fingerprint density at radius 2 is 2.00 bits per heavy atom. The lowest BCUT2D eigenvalue weighted by Crippen LogP contribution is -2.46. The number of carbonyl (C=O) groups excluding carboxylic acids is 1. The number of pyridine rings is 1. The van der Waals surface area contributed by atoms with Crippen molar-refractivity contribution in [2.45, 2.75) is 63.8 Å². The summed E-state index contributed by atoms with van der Waals surface area (Å²) in [5, 5.41) is 3.57. The minimum Gasteiger partial charge on any atom is -0.337 e. The van der Waals surface area contributed by atoms with Crippen LogP contribution in [0.2, 0.25) is 0 Å². The van der Waals surface area contributed by atoms with Crippen LogP contribution in [0.4, 0.5) is 18.9 Å². The fourth-order valence-corrected chi connectivity index (χ4v) is 6.95. The molecule has 2 saturated carbocycles. The quantitative estimate of drug-likeness (QED) is 0.580. The van der Waals surface area contributed by atoms with Crippen LogP contribution in [0.5, 0.6) is 0 Å². The number of halogens is 3. The smallest absolute Gasteiger partial charge is 0.337 e. The fraction of sp³-hybridized carbons (Fsp3) is 0.538. The maximum atomic E-state index is 13.9. The highest BCUT2D eigenvalue weighted by molar-refractivity contribution is 7.92. The number of nitrogens with one attached hydrogen (secondary N) is 2. The van der Waals surface area contributed by atoms with Crippen molar-refractivity contribution in [3.05, 3.63) is 58.9 Å². The first-order valence-electron chi connectivity index (χ1n) is 12.6. The summed E-state index contributed by atoms with van der Waals surface area (Å²) in [7, 11) is -3.33. The van der Waals surface area contributed by atoms with E-state index in [1.165, 1.54) is 0 Å². The molecule has 3 aliphatic rings. The van der Waals surface area contributed by atoms with Crippen LogP contribution >= 0.6 is 0 Å². The highest BCUT2D eigenvalue weighted by atomic mass is 32.2. The van der Waals surface area contributed by atoms with E-state index in [1.807, 2.05) is 12.1 Å². The van der Waals surface area contributed by atoms with Crippen molar-refractivity contribution in [3.63, 3.8) is 0 Å². The Morgan fingerprint density at radius 3 is 2.70 bits per heavy atom. The summed E-state index contributed by atoms with van der Waals surface area (Å²) in [6.07, 6.45) is 2.38. The van der Waals surface area contributed by atoms with Crippen LogP contribution in [0.1, 0.15) is 54.5 Å². The molecule has 0 saturated heterocycles. The summed E-state index contributed by atoms with van der Waals surface area (Å²) < 4.78 is 64.8. The molecule has 2 heterocycles. The zero-order chi connectivity index (χ0) is 26.4. The summed E-state index contributed by atoms with van der Waals surface area (Å²) in [4.78, 5) is 19.6. The number of hydrogen-bond donors (Lipinski definition) is 2. The number of hydrogen-bond acceptors (Lipinski definition) is 5. The summed E-state index contributed by atoms with van der Waals surface area (Å²) in [5.74, 6) is 0.332. The van der Waals surface area contributed by atoms with E-state index in [9.17, 15) is 26.4 Å². The third-order valence-electron chi connectivity index (χ3n) is 8.07. The molecule has 2 aliphatic carbocycles. The van der Waals surface area contributed by atoms with Gasteiger partial charge in [0.25, 0.3) is 0 Å². The van der Waals surface area contributed by atoms with Gasteiger partial charge in [0.1, 0.15) is 0 Å². The predicted molar refractivity (Wildman–Crippen MR) is 133 cm³/mol. The molecule has 37 heavy (non-hydrogen) atoms. The molecule has 2 N–H and O–H groups in total. The van der Waals surface area contributed by atoms with E-state index in [0.717, 1.165) is 49.8 Å². The van der Waals surface area contributed by atoms with E-state index >= 15 is 0 Å². The van der Waals surface area contributed by atoms with E-state index in [0.29, 0.717) is 42.9 Å². The predicted octanol–water partition coefficient (Wildman–Crippen LogP) is 4.10. The SMILES string of the molecule is CS(=O)(=O)Nc1ccc(CNC2CC3CCCC3(C(=O)N3CCc4ncc(C(F)(F)F)cc4C3)C2)cc1. The molecule has 1 aliphatic heterocycles. The zero-order valence-corrected chi connectivity index (χ0v) is 21.5. The lowest BCUT2D eigenvalue weighted by Gasteiger charge is -2.37. The van der Waals surface area contributed by atoms with E-state index in [-0.39, 0.29) is 24.4 Å². The van der Waals surface area contributed by atoms with Gasteiger partial charge in [0.15, 0.2) is 0 Å². The van der Waals surface area contributed by atoms with Crippen LogP contribution in [-0.4, -0.2) is 43.1 Å². The van der Waals surface area contributed by atoms with E-state index in [4.69, 9.17) is 0 Å². The maximum absolute atomic E-state index is 13.9. The fourth-order valence-electron chi connectivity index (χ4n) is 6.38. The Morgan fingerprint density at radius 1 is 1.24 bits per heavy atom. The zero-order valence-electron chi connectivity index (χ0n) is 20.6. The van der Waals surface area contributed by atoms with Gasteiger partial charge in [0.05, 0.1) is 17.2 Å². The molecule has 1 amide bonds. The van der Waals surface area contributed by atoms with Gasteiger partial charge in [-0.1, -0.05) is 18.6 Å². The van der Waals surface area contributed by atoms with Gasteiger partial charge in [-0.25, -0.2) is 8.42 Å². The molecule has 0 radical (unpaired) electrons. The summed E-state index contributed by atoms with van der Waals surface area (Å²) in [5.41, 5.74) is 1.41. The Hall–Kier alpha value is -2.66. The van der Waals surface area contributed by atoms with Gasteiger partial charge >= 0.3 is 6.18 Å². The largest absolute Gasteiger partial charge is 0.417 e. The van der Waals surface area contributed by atoms with Crippen LogP contribution < -0.4 is 10.0 Å². The van der Waals surface area contributed by atoms with Crippen LogP contribution in [-0.2, 0) is 40.5 Å². The van der Waals surface area contributed by atoms with Crippen molar-refractivity contribution in [1.82, 2.24) is 15.2 Å². The average molecular weight is 537 g/mol. The van der Waals surface area contributed by atoms with Crippen LogP contribution in [0.15, 0.2) is 36.5 Å². The lowest BCUT2D eigenvalue weighted by molar-refractivity contribution is -0.144. The van der Waals surface area contributed by atoms with Gasteiger partial charge in [-0.3, -0.25) is 14.5 Å². The van der Waals surface area contributed by atoms with Gasteiger partial charge in [-0.05, 0) is 60.9 Å². The number of aromatic nitrogens is 1. The van der Waals surface area contributed by atoms with Crippen LogP contribution in [0.25, 0.3) is 0 Å². The number of anilines is 1. The average Bonchev–Trinajstić information content (AvgIpc) is 3.39. The molecular weight excluding hydrogens is 505 g/mol. The Labute approximate surface area is 214 Å². The summed E-state index contributed by atoms with van der Waals surface area (Å²) in [6, 6.07) is 8.48. The van der Waals surface area contributed by atoms with Crippen LogP contribution in [0, 0.1) is 11.3 Å². The minimum absolute atomic E-state index is 0.0681. The van der Waals surface area contributed by atoms with Gasteiger partial charge in [-0.2, -0.15) is 13.2 Å². The maximum Gasteiger partial charge on any atom is 0.417 e. The van der Waals surface area contributed by atoms with Crippen molar-refractivity contribution >= 4 is 21.6 Å². The molecule has 3 unspecified atom stereocenters. The number of nitrogens with zero attached hydrogens (tertiary/aromatic N) is 2. The highest BCUT2D eigenvalue weighted by Crippen LogP contribution is 2.55. The molecule has 0 spiro atoms. The van der Waals surface area contributed by atoms with E-state index in [2.05, 4.69) is 15.0 Å². The third kappa shape index (κ3) is 5.47. The highest BCUT2D eigenvalue weighted by Gasteiger charge is 2.56. The number of amides is 1. The number of rotatable bonds is 6. The Balaban J connectivity index is 1.24. The Kier molecular flexibility index (Phi) is 6.72. The van der Waals surface area contributed by atoms with Gasteiger partial charge in [0.2, 0.25) is 15.9 Å². The number of alkyl halides is 3. The molecule has 5 rings (SSSR count). The van der Waals surface area contributed by atoms with E-state index < -0.39 is 27.2 Å². The van der Waals surface area contributed by atoms with E-state index in [1.54, 1.807) is 17.0 Å². The van der Waals surface area contributed by atoms with Gasteiger partial charge in [-0.15, -0.1) is 0 Å². The molecular formula is C26H31F3N4O3S. The van der Waals surface area contributed by atoms with Crippen molar-refractivity contribution in [3.8, 4) is 0 Å². The second kappa shape index (κ2) is 9.58. The molecule has 11 heteroatoms. The number of carbonyl (C=O) groups is 1. The number of fused-ring (bicyclic) bond motifs is 2. The minimum atomic E-state index is -4.46. The monoisotopic (exact) mass is 536 g/mol. The molecule has 0 bridgehead atoms. The van der Waals surface area contributed by atoms with Gasteiger partial charge in [0, 0.05) is 49.7 Å². The molecule has 7 nitrogen and oxygen atoms in total. The first-order valence-corrected chi connectivity index (χ1v) is 14.5. The Bertz CT molecular complexity index is 1280.